The third kappa shape index (κ3) is 1.63. The van der Waals surface area contributed by atoms with E-state index >= 15 is 0 Å². The number of rotatable bonds is 3. The molecule has 0 aliphatic carbocycles. The van der Waals surface area contributed by atoms with Gasteiger partial charge in [0.1, 0.15) is 0 Å². The zero-order chi connectivity index (χ0) is 9.97. The van der Waals surface area contributed by atoms with Crippen LogP contribution < -0.4 is 5.73 Å². The zero-order valence-electron chi connectivity index (χ0n) is 8.40. The average Bonchev–Trinajstić information content (AvgIpc) is 2.59. The van der Waals surface area contributed by atoms with Gasteiger partial charge in [0.25, 0.3) is 0 Å². The van der Waals surface area contributed by atoms with Crippen LogP contribution >= 0.6 is 0 Å². The molecular formula is C11H15N3. The molecule has 0 unspecified atom stereocenters. The van der Waals surface area contributed by atoms with Gasteiger partial charge < -0.3 is 10.1 Å². The number of fused-ring (bicyclic) bond motifs is 1. The normalized spacial score (nSPS) is 11.0. The monoisotopic (exact) mass is 189 g/mol. The lowest BCUT2D eigenvalue weighted by Gasteiger charge is -1.96. The van der Waals surface area contributed by atoms with Crippen molar-refractivity contribution in [1.29, 1.82) is 0 Å². The molecule has 0 amide bonds. The zero-order valence-corrected chi connectivity index (χ0v) is 8.40. The summed E-state index contributed by atoms with van der Waals surface area (Å²) in [7, 11) is 0. The smallest absolute Gasteiger partial charge is 0.0994 e. The molecule has 14 heavy (non-hydrogen) atoms. The molecule has 2 aromatic heterocycles. The van der Waals surface area contributed by atoms with E-state index in [1.54, 1.807) is 0 Å². The van der Waals surface area contributed by atoms with Crippen LogP contribution in [0.3, 0.4) is 0 Å². The van der Waals surface area contributed by atoms with Gasteiger partial charge in [0.05, 0.1) is 12.0 Å². The summed E-state index contributed by atoms with van der Waals surface area (Å²) < 4.78 is 2.05. The Morgan fingerprint density at radius 2 is 2.29 bits per heavy atom. The molecule has 0 aromatic carbocycles. The van der Waals surface area contributed by atoms with Crippen molar-refractivity contribution in [2.45, 2.75) is 26.3 Å². The van der Waals surface area contributed by atoms with E-state index in [2.05, 4.69) is 24.2 Å². The lowest BCUT2D eigenvalue weighted by atomic mass is 10.2. The fourth-order valence-corrected chi connectivity index (χ4v) is 1.65. The highest BCUT2D eigenvalue weighted by atomic mass is 14.9. The molecule has 3 nitrogen and oxygen atoms in total. The molecule has 0 spiro atoms. The van der Waals surface area contributed by atoms with Crippen LogP contribution in [0.5, 0.6) is 0 Å². The van der Waals surface area contributed by atoms with Crippen LogP contribution in [0.2, 0.25) is 0 Å². The van der Waals surface area contributed by atoms with E-state index in [4.69, 9.17) is 5.73 Å². The van der Waals surface area contributed by atoms with E-state index in [0.717, 1.165) is 12.1 Å². The van der Waals surface area contributed by atoms with Gasteiger partial charge in [0, 0.05) is 18.3 Å². The van der Waals surface area contributed by atoms with Crippen LogP contribution in [0.25, 0.3) is 5.52 Å². The Bertz CT molecular complexity index is 431. The Morgan fingerprint density at radius 1 is 1.43 bits per heavy atom. The Labute approximate surface area is 83.6 Å². The Morgan fingerprint density at radius 3 is 3.00 bits per heavy atom. The maximum absolute atomic E-state index is 5.53. The van der Waals surface area contributed by atoms with Gasteiger partial charge in [0.15, 0.2) is 0 Å². The summed E-state index contributed by atoms with van der Waals surface area (Å²) >= 11 is 0. The predicted octanol–water partition coefficient (Wildman–Crippen LogP) is 1.75. The first-order chi connectivity index (χ1) is 6.83. The van der Waals surface area contributed by atoms with E-state index in [9.17, 15) is 0 Å². The van der Waals surface area contributed by atoms with Crippen LogP contribution in [-0.2, 0) is 13.0 Å². The molecule has 2 rings (SSSR count). The second kappa shape index (κ2) is 3.80. The summed E-state index contributed by atoms with van der Waals surface area (Å²) in [5, 5.41) is 0. The highest BCUT2D eigenvalue weighted by Crippen LogP contribution is 2.11. The standard InChI is InChI=1S/C11H15N3/c1-2-3-9-4-11-5-10(6-12)13-8-14(11)7-9/h4-5,7-8H,2-3,6,12H2,1H3. The van der Waals surface area contributed by atoms with E-state index in [-0.39, 0.29) is 0 Å². The number of hydrogen-bond acceptors (Lipinski definition) is 2. The maximum atomic E-state index is 5.53. The minimum atomic E-state index is 0.505. The van der Waals surface area contributed by atoms with Crippen molar-refractivity contribution in [2.75, 3.05) is 0 Å². The van der Waals surface area contributed by atoms with Crippen molar-refractivity contribution in [2.24, 2.45) is 5.73 Å². The van der Waals surface area contributed by atoms with E-state index in [1.165, 1.54) is 17.5 Å². The summed E-state index contributed by atoms with van der Waals surface area (Å²) in [6.45, 7) is 2.69. The topological polar surface area (TPSA) is 43.3 Å². The third-order valence-corrected chi connectivity index (χ3v) is 2.35. The first-order valence-corrected chi connectivity index (χ1v) is 4.99. The van der Waals surface area contributed by atoms with E-state index < -0.39 is 0 Å². The largest absolute Gasteiger partial charge is 0.325 e. The summed E-state index contributed by atoms with van der Waals surface area (Å²) in [5.41, 5.74) is 9.03. The third-order valence-electron chi connectivity index (χ3n) is 2.35. The predicted molar refractivity (Wildman–Crippen MR) is 57.1 cm³/mol. The van der Waals surface area contributed by atoms with Gasteiger partial charge in [-0.05, 0) is 24.1 Å². The molecule has 0 saturated heterocycles. The highest BCUT2D eigenvalue weighted by Gasteiger charge is 1.99. The second-order valence-electron chi connectivity index (χ2n) is 3.51. The fourth-order valence-electron chi connectivity index (χ4n) is 1.65. The average molecular weight is 189 g/mol. The number of nitrogens with two attached hydrogens (primary N) is 1. The van der Waals surface area contributed by atoms with Gasteiger partial charge in [-0.2, -0.15) is 0 Å². The summed E-state index contributed by atoms with van der Waals surface area (Å²) in [6.07, 6.45) is 6.26. The molecule has 2 heterocycles. The summed E-state index contributed by atoms with van der Waals surface area (Å²) in [5.74, 6) is 0. The van der Waals surface area contributed by atoms with Crippen LogP contribution in [0.1, 0.15) is 24.6 Å². The van der Waals surface area contributed by atoms with Gasteiger partial charge in [-0.25, -0.2) is 4.98 Å². The van der Waals surface area contributed by atoms with Crippen molar-refractivity contribution < 1.29 is 0 Å². The van der Waals surface area contributed by atoms with Crippen molar-refractivity contribution in [3.63, 3.8) is 0 Å². The number of hydrogen-bond donors (Lipinski definition) is 1. The van der Waals surface area contributed by atoms with E-state index in [0.29, 0.717) is 6.54 Å². The molecule has 2 aromatic rings. The minimum Gasteiger partial charge on any atom is -0.325 e. The first-order valence-electron chi connectivity index (χ1n) is 4.99. The lowest BCUT2D eigenvalue weighted by molar-refractivity contribution is 0.915. The van der Waals surface area contributed by atoms with Crippen molar-refractivity contribution in [3.05, 3.63) is 35.9 Å². The van der Waals surface area contributed by atoms with Crippen LogP contribution in [0.15, 0.2) is 24.7 Å². The summed E-state index contributed by atoms with van der Waals surface area (Å²) in [4.78, 5) is 4.24. The van der Waals surface area contributed by atoms with E-state index in [1.807, 2.05) is 16.8 Å². The number of aryl methyl sites for hydroxylation is 1. The fraction of sp³-hybridized carbons (Fsp3) is 0.364. The molecule has 0 aliphatic heterocycles. The number of aromatic nitrogens is 2. The molecule has 0 aliphatic rings. The molecule has 3 heteroatoms. The highest BCUT2D eigenvalue weighted by molar-refractivity contribution is 5.50. The molecule has 2 N–H and O–H groups in total. The molecule has 0 radical (unpaired) electrons. The van der Waals surface area contributed by atoms with Gasteiger partial charge in [-0.1, -0.05) is 13.3 Å². The van der Waals surface area contributed by atoms with Crippen molar-refractivity contribution in [1.82, 2.24) is 9.38 Å². The van der Waals surface area contributed by atoms with Crippen LogP contribution in [-0.4, -0.2) is 9.38 Å². The molecule has 0 fully saturated rings. The second-order valence-corrected chi connectivity index (χ2v) is 3.51. The summed E-state index contributed by atoms with van der Waals surface area (Å²) in [6, 6.07) is 4.24. The van der Waals surface area contributed by atoms with Gasteiger partial charge in [-0.15, -0.1) is 0 Å². The van der Waals surface area contributed by atoms with Crippen LogP contribution in [0.4, 0.5) is 0 Å². The Hall–Kier alpha value is -1.35. The quantitative estimate of drug-likeness (QED) is 0.799. The SMILES string of the molecule is CCCc1cc2cc(CN)ncn2c1. The Balaban J connectivity index is 2.43. The maximum Gasteiger partial charge on any atom is 0.0994 e. The first kappa shape index (κ1) is 9.21. The number of nitrogens with zero attached hydrogens (tertiary/aromatic N) is 2. The van der Waals surface area contributed by atoms with Crippen molar-refractivity contribution in [3.8, 4) is 0 Å². The van der Waals surface area contributed by atoms with Gasteiger partial charge in [0.2, 0.25) is 0 Å². The molecule has 74 valence electrons. The van der Waals surface area contributed by atoms with Crippen LogP contribution in [0, 0.1) is 0 Å². The molecule has 0 bridgehead atoms. The Kier molecular flexibility index (Phi) is 2.50. The van der Waals surface area contributed by atoms with Gasteiger partial charge >= 0.3 is 0 Å². The lowest BCUT2D eigenvalue weighted by Crippen LogP contribution is -2.00. The molecule has 0 atom stereocenters. The molecule has 0 saturated carbocycles. The van der Waals surface area contributed by atoms with Gasteiger partial charge in [-0.3, -0.25) is 0 Å². The minimum absolute atomic E-state index is 0.505. The van der Waals surface area contributed by atoms with Crippen molar-refractivity contribution >= 4 is 5.52 Å². The molecular weight excluding hydrogens is 174 g/mol.